The average molecular weight is 238 g/mol. The molecule has 3 nitrogen and oxygen atoms in total. The number of nitrogens with zero attached hydrogens (tertiary/aromatic N) is 1. The summed E-state index contributed by atoms with van der Waals surface area (Å²) in [6, 6.07) is 3.57. The van der Waals surface area contributed by atoms with E-state index in [1.807, 2.05) is 6.07 Å². The van der Waals surface area contributed by atoms with Crippen LogP contribution < -0.4 is 5.32 Å². The molecule has 0 fully saturated rings. The highest BCUT2D eigenvalue weighted by atomic mass is 16.3. The Morgan fingerprint density at radius 3 is 2.29 bits per heavy atom. The molecule has 3 heteroatoms. The maximum absolute atomic E-state index is 5.09. The van der Waals surface area contributed by atoms with Crippen LogP contribution in [0.25, 0.3) is 0 Å². The number of furan rings is 1. The number of nitrogens with one attached hydrogen (secondary N) is 1. The van der Waals surface area contributed by atoms with E-state index in [4.69, 9.17) is 4.42 Å². The largest absolute Gasteiger partial charge is 0.472 e. The molecule has 1 aromatic heterocycles. The Morgan fingerprint density at radius 2 is 1.82 bits per heavy atom. The van der Waals surface area contributed by atoms with Crippen LogP contribution in [-0.2, 0) is 0 Å². The maximum Gasteiger partial charge on any atom is 0.0950 e. The molecule has 1 unspecified atom stereocenters. The van der Waals surface area contributed by atoms with Crippen LogP contribution in [0, 0.1) is 0 Å². The number of hydrogen-bond donors (Lipinski definition) is 1. The van der Waals surface area contributed by atoms with E-state index < -0.39 is 0 Å². The molecule has 0 aliphatic heterocycles. The van der Waals surface area contributed by atoms with E-state index in [0.29, 0.717) is 18.1 Å². The van der Waals surface area contributed by atoms with Gasteiger partial charge in [0, 0.05) is 36.8 Å². The van der Waals surface area contributed by atoms with Gasteiger partial charge in [-0.3, -0.25) is 4.90 Å². The lowest BCUT2D eigenvalue weighted by Gasteiger charge is -2.31. The van der Waals surface area contributed by atoms with Crippen LogP contribution >= 0.6 is 0 Å². The smallest absolute Gasteiger partial charge is 0.0950 e. The van der Waals surface area contributed by atoms with Crippen molar-refractivity contribution in [3.8, 4) is 0 Å². The van der Waals surface area contributed by atoms with Crippen LogP contribution in [0.4, 0.5) is 0 Å². The van der Waals surface area contributed by atoms with Crippen molar-refractivity contribution >= 4 is 0 Å². The van der Waals surface area contributed by atoms with Gasteiger partial charge in [-0.2, -0.15) is 0 Å². The molecular formula is C14H26N2O. The van der Waals surface area contributed by atoms with Crippen molar-refractivity contribution in [2.24, 2.45) is 0 Å². The van der Waals surface area contributed by atoms with Crippen molar-refractivity contribution in [1.82, 2.24) is 10.2 Å². The van der Waals surface area contributed by atoms with Gasteiger partial charge in [0.1, 0.15) is 0 Å². The molecule has 1 heterocycles. The van der Waals surface area contributed by atoms with E-state index in [-0.39, 0.29) is 0 Å². The van der Waals surface area contributed by atoms with Gasteiger partial charge in [-0.15, -0.1) is 0 Å². The van der Waals surface area contributed by atoms with Gasteiger partial charge < -0.3 is 9.73 Å². The molecule has 0 bridgehead atoms. The highest BCUT2D eigenvalue weighted by Gasteiger charge is 2.13. The van der Waals surface area contributed by atoms with Crippen molar-refractivity contribution < 1.29 is 4.42 Å². The standard InChI is InChI=1S/C14H26N2O/c1-11(2)16(12(3)4)8-7-15-13(5)14-6-9-17-10-14/h6,9-13,15H,7-8H2,1-5H3. The molecule has 17 heavy (non-hydrogen) atoms. The average Bonchev–Trinajstić information content (AvgIpc) is 2.76. The Kier molecular flexibility index (Phi) is 5.72. The minimum absolute atomic E-state index is 0.356. The molecule has 1 rings (SSSR count). The molecule has 0 spiro atoms. The van der Waals surface area contributed by atoms with Crippen molar-refractivity contribution in [3.63, 3.8) is 0 Å². The van der Waals surface area contributed by atoms with Crippen LogP contribution in [0.3, 0.4) is 0 Å². The maximum atomic E-state index is 5.09. The van der Waals surface area contributed by atoms with E-state index in [9.17, 15) is 0 Å². The molecular weight excluding hydrogens is 212 g/mol. The van der Waals surface area contributed by atoms with Gasteiger partial charge in [0.25, 0.3) is 0 Å². The first-order valence-corrected chi connectivity index (χ1v) is 6.53. The fourth-order valence-electron chi connectivity index (χ4n) is 2.16. The van der Waals surface area contributed by atoms with E-state index >= 15 is 0 Å². The fraction of sp³-hybridized carbons (Fsp3) is 0.714. The van der Waals surface area contributed by atoms with Gasteiger partial charge in [0.05, 0.1) is 12.5 Å². The summed E-state index contributed by atoms with van der Waals surface area (Å²) in [5.74, 6) is 0. The van der Waals surface area contributed by atoms with Gasteiger partial charge in [-0.05, 0) is 40.7 Å². The first kappa shape index (κ1) is 14.3. The SMILES string of the molecule is CC(NCCN(C(C)C)C(C)C)c1ccoc1. The zero-order chi connectivity index (χ0) is 12.8. The van der Waals surface area contributed by atoms with Gasteiger partial charge >= 0.3 is 0 Å². The Bertz CT molecular complexity index is 285. The Balaban J connectivity index is 2.31. The lowest BCUT2D eigenvalue weighted by atomic mass is 10.2. The van der Waals surface area contributed by atoms with Gasteiger partial charge in [-0.1, -0.05) is 0 Å². The summed E-state index contributed by atoms with van der Waals surface area (Å²) in [5.41, 5.74) is 1.21. The molecule has 1 N–H and O–H groups in total. The predicted molar refractivity (Wildman–Crippen MR) is 72.1 cm³/mol. The highest BCUT2D eigenvalue weighted by Crippen LogP contribution is 2.12. The van der Waals surface area contributed by atoms with Gasteiger partial charge in [-0.25, -0.2) is 0 Å². The molecule has 0 saturated heterocycles. The summed E-state index contributed by atoms with van der Waals surface area (Å²) in [7, 11) is 0. The fourth-order valence-corrected chi connectivity index (χ4v) is 2.16. The second-order valence-electron chi connectivity index (χ2n) is 5.16. The van der Waals surface area contributed by atoms with Gasteiger partial charge in [0.2, 0.25) is 0 Å². The second-order valence-corrected chi connectivity index (χ2v) is 5.16. The van der Waals surface area contributed by atoms with Crippen LogP contribution in [0.2, 0.25) is 0 Å². The molecule has 0 amide bonds. The summed E-state index contributed by atoms with van der Waals surface area (Å²) in [4.78, 5) is 2.50. The monoisotopic (exact) mass is 238 g/mol. The van der Waals surface area contributed by atoms with Gasteiger partial charge in [0.15, 0.2) is 0 Å². The third-order valence-electron chi connectivity index (χ3n) is 3.19. The van der Waals surface area contributed by atoms with E-state index in [2.05, 4.69) is 44.8 Å². The van der Waals surface area contributed by atoms with E-state index in [1.165, 1.54) is 5.56 Å². The zero-order valence-corrected chi connectivity index (χ0v) is 11.7. The molecule has 0 aliphatic rings. The van der Waals surface area contributed by atoms with E-state index in [1.54, 1.807) is 12.5 Å². The summed E-state index contributed by atoms with van der Waals surface area (Å²) >= 11 is 0. The summed E-state index contributed by atoms with van der Waals surface area (Å²) < 4.78 is 5.09. The molecule has 1 atom stereocenters. The van der Waals surface area contributed by atoms with Crippen LogP contribution in [-0.4, -0.2) is 30.1 Å². The van der Waals surface area contributed by atoms with Crippen molar-refractivity contribution in [2.45, 2.75) is 52.7 Å². The Hall–Kier alpha value is -0.800. The minimum Gasteiger partial charge on any atom is -0.472 e. The predicted octanol–water partition coefficient (Wildman–Crippen LogP) is 3.05. The third kappa shape index (κ3) is 4.52. The highest BCUT2D eigenvalue weighted by molar-refractivity contribution is 5.10. The van der Waals surface area contributed by atoms with Crippen LogP contribution in [0.5, 0.6) is 0 Å². The first-order chi connectivity index (χ1) is 8.02. The van der Waals surface area contributed by atoms with Crippen LogP contribution in [0.1, 0.15) is 46.2 Å². The lowest BCUT2D eigenvalue weighted by Crippen LogP contribution is -2.41. The van der Waals surface area contributed by atoms with Crippen molar-refractivity contribution in [3.05, 3.63) is 24.2 Å². The Labute approximate surface area is 105 Å². The van der Waals surface area contributed by atoms with E-state index in [0.717, 1.165) is 13.1 Å². The molecule has 0 aromatic carbocycles. The second kappa shape index (κ2) is 6.82. The summed E-state index contributed by atoms with van der Waals surface area (Å²) in [6.45, 7) is 13.2. The lowest BCUT2D eigenvalue weighted by molar-refractivity contribution is 0.174. The normalized spacial score (nSPS) is 13.9. The topological polar surface area (TPSA) is 28.4 Å². The molecule has 0 radical (unpaired) electrons. The molecule has 98 valence electrons. The molecule has 0 saturated carbocycles. The molecule has 1 aromatic rings. The van der Waals surface area contributed by atoms with Crippen molar-refractivity contribution in [2.75, 3.05) is 13.1 Å². The minimum atomic E-state index is 0.356. The summed E-state index contributed by atoms with van der Waals surface area (Å²) in [5, 5.41) is 3.52. The first-order valence-electron chi connectivity index (χ1n) is 6.53. The van der Waals surface area contributed by atoms with Crippen LogP contribution in [0.15, 0.2) is 23.0 Å². The van der Waals surface area contributed by atoms with Crippen molar-refractivity contribution in [1.29, 1.82) is 0 Å². The Morgan fingerprint density at radius 1 is 1.18 bits per heavy atom. The quantitative estimate of drug-likeness (QED) is 0.791. The number of hydrogen-bond acceptors (Lipinski definition) is 3. The number of rotatable bonds is 7. The third-order valence-corrected chi connectivity index (χ3v) is 3.19. The zero-order valence-electron chi connectivity index (χ0n) is 11.7. The summed E-state index contributed by atoms with van der Waals surface area (Å²) in [6.07, 6.45) is 3.53. The molecule has 0 aliphatic carbocycles.